The molecule has 282 valence electrons. The number of rotatable bonds is 4. The molecule has 57 heavy (non-hydrogen) atoms. The van der Waals surface area contributed by atoms with E-state index >= 15 is 0 Å². The van der Waals surface area contributed by atoms with Crippen LogP contribution in [0.2, 0.25) is 0 Å². The molecule has 0 saturated carbocycles. The Kier molecular flexibility index (Phi) is 9.94. The van der Waals surface area contributed by atoms with Gasteiger partial charge in [-0.2, -0.15) is 0 Å². The van der Waals surface area contributed by atoms with Crippen molar-refractivity contribution >= 4 is 46.4 Å². The molecule has 0 atom stereocenters. The largest absolute Gasteiger partial charge is 2.00 e. The first-order valence-corrected chi connectivity index (χ1v) is 19.4. The topological polar surface area (TPSA) is 54.0 Å². The molecule has 2 aliphatic heterocycles. The van der Waals surface area contributed by atoms with Gasteiger partial charge in [0.2, 0.25) is 0 Å². The maximum atomic E-state index is 5.48. The summed E-state index contributed by atoms with van der Waals surface area (Å²) in [4.78, 5) is 21.9. The quantitative estimate of drug-likeness (QED) is 0.166. The minimum absolute atomic E-state index is 0. The Morgan fingerprint density at radius 1 is 0.316 bits per heavy atom. The van der Waals surface area contributed by atoms with E-state index in [1.54, 1.807) is 0 Å². The van der Waals surface area contributed by atoms with Gasteiger partial charge in [0.05, 0.1) is 22.8 Å². The van der Waals surface area contributed by atoms with Crippen molar-refractivity contribution < 1.29 is 20.4 Å². The van der Waals surface area contributed by atoms with Gasteiger partial charge in [0, 0.05) is 0 Å². The Morgan fingerprint density at radius 3 is 0.912 bits per heavy atom. The number of fused-ring (bicyclic) bond motifs is 8. The van der Waals surface area contributed by atoms with Gasteiger partial charge < -0.3 is 9.97 Å². The van der Waals surface area contributed by atoms with Crippen LogP contribution in [0.15, 0.2) is 97.1 Å². The van der Waals surface area contributed by atoms with Gasteiger partial charge in [-0.15, -0.1) is 22.1 Å². The summed E-state index contributed by atoms with van der Waals surface area (Å²) in [7, 11) is 0. The molecule has 7 aromatic rings. The van der Waals surface area contributed by atoms with Crippen LogP contribution in [-0.4, -0.2) is 9.97 Å². The summed E-state index contributed by atoms with van der Waals surface area (Å²) < 4.78 is 0. The Labute approximate surface area is 349 Å². The zero-order valence-electron chi connectivity index (χ0n) is 33.7. The molecule has 4 nitrogen and oxygen atoms in total. The predicted octanol–water partition coefficient (Wildman–Crippen LogP) is 13.0. The van der Waals surface area contributed by atoms with E-state index in [1.807, 2.05) is 0 Å². The minimum Gasteiger partial charge on any atom is -0.657 e. The Bertz CT molecular complexity index is 2720. The molecule has 8 bridgehead atoms. The van der Waals surface area contributed by atoms with Crippen LogP contribution in [0.5, 0.6) is 0 Å². The number of nitrogens with zero attached hydrogens (tertiary/aromatic N) is 4. The summed E-state index contributed by atoms with van der Waals surface area (Å²) in [6.07, 6.45) is 8.60. The van der Waals surface area contributed by atoms with Crippen molar-refractivity contribution in [2.45, 2.75) is 55.4 Å². The molecule has 0 radical (unpaired) electrons. The zero-order chi connectivity index (χ0) is 38.8. The third-order valence-electron chi connectivity index (χ3n) is 11.1. The van der Waals surface area contributed by atoms with Gasteiger partial charge in [0.25, 0.3) is 0 Å². The van der Waals surface area contributed by atoms with Gasteiger partial charge >= 0.3 is 20.4 Å². The number of benzene rings is 4. The second-order valence-corrected chi connectivity index (χ2v) is 15.6. The minimum atomic E-state index is 0. The van der Waals surface area contributed by atoms with Crippen LogP contribution < -0.4 is 9.97 Å². The maximum absolute atomic E-state index is 5.48. The monoisotopic (exact) mass is 830 g/mol. The van der Waals surface area contributed by atoms with Gasteiger partial charge in [0.1, 0.15) is 0 Å². The summed E-state index contributed by atoms with van der Waals surface area (Å²) in [5.74, 6) is 0. The van der Waals surface area contributed by atoms with E-state index in [4.69, 9.17) is 19.9 Å². The molecular weight excluding hydrogens is 787 g/mol. The van der Waals surface area contributed by atoms with Crippen LogP contribution in [0.1, 0.15) is 67.3 Å². The summed E-state index contributed by atoms with van der Waals surface area (Å²) >= 11 is 0. The van der Waals surface area contributed by atoms with Gasteiger partial charge in [-0.1, -0.05) is 119 Å². The predicted molar refractivity (Wildman–Crippen MR) is 236 cm³/mol. The average molecular weight is 831 g/mol. The second-order valence-electron chi connectivity index (χ2n) is 15.6. The summed E-state index contributed by atoms with van der Waals surface area (Å²) in [6, 6.07) is 35.0. The van der Waals surface area contributed by atoms with Gasteiger partial charge in [0.15, 0.2) is 0 Å². The Morgan fingerprint density at radius 2 is 0.596 bits per heavy atom. The third-order valence-corrected chi connectivity index (χ3v) is 11.1. The van der Waals surface area contributed by atoms with Crippen molar-refractivity contribution in [3.63, 3.8) is 0 Å². The number of aromatic nitrogens is 4. The van der Waals surface area contributed by atoms with Crippen LogP contribution in [0, 0.1) is 55.4 Å². The SMILES string of the molecule is Cc1ccc(-c2c3nc(c(-c4c(C)cc(C)cc4C)c4ccc([n-]4)c(-c4ccc(C)cc4)c4nc(c(-c5c(C)cc(C)cc5C)c5ccc2[n-]5)C=C4)C=C3)cc1.[Pd+2]. The molecule has 0 saturated heterocycles. The fourth-order valence-electron chi connectivity index (χ4n) is 8.78. The molecule has 0 unspecified atom stereocenters. The first-order valence-electron chi connectivity index (χ1n) is 19.4. The van der Waals surface area contributed by atoms with E-state index in [0.717, 1.165) is 89.4 Å². The number of hydrogen-bond acceptors (Lipinski definition) is 2. The van der Waals surface area contributed by atoms with Crippen LogP contribution in [0.25, 0.3) is 90.9 Å². The van der Waals surface area contributed by atoms with Gasteiger partial charge in [-0.05, 0) is 146 Å². The molecule has 0 spiro atoms. The van der Waals surface area contributed by atoms with Crippen LogP contribution in [-0.2, 0) is 20.4 Å². The van der Waals surface area contributed by atoms with E-state index < -0.39 is 0 Å². The van der Waals surface area contributed by atoms with Crippen LogP contribution in [0.4, 0.5) is 0 Å². The molecule has 0 aliphatic carbocycles. The van der Waals surface area contributed by atoms with Crippen molar-refractivity contribution in [3.05, 3.63) is 164 Å². The van der Waals surface area contributed by atoms with Crippen molar-refractivity contribution in [1.82, 2.24) is 19.9 Å². The van der Waals surface area contributed by atoms with Crippen molar-refractivity contribution in [3.8, 4) is 44.5 Å². The van der Waals surface area contributed by atoms with Crippen molar-refractivity contribution in [2.24, 2.45) is 0 Å². The molecule has 0 N–H and O–H groups in total. The Balaban J connectivity index is 0.00000455. The smallest absolute Gasteiger partial charge is 0.657 e. The van der Waals surface area contributed by atoms with Crippen molar-refractivity contribution in [2.75, 3.05) is 0 Å². The molecule has 5 heterocycles. The van der Waals surface area contributed by atoms with E-state index in [9.17, 15) is 0 Å². The second kappa shape index (κ2) is 14.9. The van der Waals surface area contributed by atoms with Gasteiger partial charge in [-0.25, -0.2) is 9.97 Å². The molecular formula is C52H44N4Pd. The molecule has 3 aromatic heterocycles. The van der Waals surface area contributed by atoms with Crippen LogP contribution >= 0.6 is 0 Å². The summed E-state index contributed by atoms with van der Waals surface area (Å²) in [5, 5.41) is 0. The standard InChI is InChI=1S/C52H44N4.Pd/c1-29-9-13-37(14-10-29)49-39-17-21-43(53-39)51(47-33(5)25-31(3)26-34(47)6)45-23-19-41(55-45)50(38-15-11-30(2)12-16-38)42-20-24-46(56-42)52(44-22-18-40(49)54-44)48-35(7)27-32(4)28-36(48)8;/h9-28H,1-8H3;/q-2;+2. The maximum Gasteiger partial charge on any atom is 2.00 e. The van der Waals surface area contributed by atoms with E-state index in [1.165, 1.54) is 44.5 Å². The van der Waals surface area contributed by atoms with Crippen LogP contribution in [0.3, 0.4) is 0 Å². The van der Waals surface area contributed by atoms with E-state index in [2.05, 4.69) is 177 Å². The molecule has 9 rings (SSSR count). The third kappa shape index (κ3) is 6.86. The average Bonchev–Trinajstić information content (AvgIpc) is 3.99. The molecule has 2 aliphatic rings. The fourth-order valence-corrected chi connectivity index (χ4v) is 8.78. The Hall–Kier alpha value is -5.86. The normalized spacial score (nSPS) is 11.9. The fraction of sp³-hybridized carbons (Fsp3) is 0.154. The summed E-state index contributed by atoms with van der Waals surface area (Å²) in [6.45, 7) is 17.3. The van der Waals surface area contributed by atoms with Crippen molar-refractivity contribution in [1.29, 1.82) is 0 Å². The molecule has 0 amide bonds. The molecule has 5 heteroatoms. The molecule has 0 fully saturated rings. The number of aryl methyl sites for hydroxylation is 8. The first-order chi connectivity index (χ1) is 27.0. The van der Waals surface area contributed by atoms with E-state index in [-0.39, 0.29) is 20.4 Å². The van der Waals surface area contributed by atoms with Gasteiger partial charge in [-0.3, -0.25) is 0 Å². The zero-order valence-corrected chi connectivity index (χ0v) is 35.2. The first kappa shape index (κ1) is 38.0. The summed E-state index contributed by atoms with van der Waals surface area (Å²) in [5.41, 5.74) is 25.1. The molecule has 4 aromatic carbocycles. The number of hydrogen-bond donors (Lipinski definition) is 0. The van der Waals surface area contributed by atoms with E-state index in [0.29, 0.717) is 0 Å².